The van der Waals surface area contributed by atoms with E-state index in [0.717, 1.165) is 37.8 Å². The van der Waals surface area contributed by atoms with Crippen LogP contribution in [0.1, 0.15) is 36.0 Å². The number of hydrogen-bond donors (Lipinski definition) is 1. The maximum absolute atomic E-state index is 12.6. The van der Waals surface area contributed by atoms with Crippen LogP contribution in [-0.2, 0) is 0 Å². The van der Waals surface area contributed by atoms with Gasteiger partial charge in [-0.1, -0.05) is 18.2 Å². The van der Waals surface area contributed by atoms with Crippen LogP contribution in [0.15, 0.2) is 30.3 Å². The van der Waals surface area contributed by atoms with Gasteiger partial charge in [-0.3, -0.25) is 4.79 Å². The molecule has 2 unspecified atom stereocenters. The highest BCUT2D eigenvalue weighted by Crippen LogP contribution is 2.39. The van der Waals surface area contributed by atoms with Crippen LogP contribution in [0.3, 0.4) is 0 Å². The van der Waals surface area contributed by atoms with E-state index < -0.39 is 0 Å². The van der Waals surface area contributed by atoms with Crippen molar-refractivity contribution in [3.05, 3.63) is 35.9 Å². The predicted molar refractivity (Wildman–Crippen MR) is 78.4 cm³/mol. The molecule has 2 heterocycles. The summed E-state index contributed by atoms with van der Waals surface area (Å²) in [5.41, 5.74) is 6.60. The van der Waals surface area contributed by atoms with E-state index in [1.54, 1.807) is 0 Å². The average molecular weight is 281 g/mol. The largest absolute Gasteiger partial charge is 0.333 e. The predicted octanol–water partition coefficient (Wildman–Crippen LogP) is 2.45. The summed E-state index contributed by atoms with van der Waals surface area (Å²) in [4.78, 5) is 14.7. The highest BCUT2D eigenvalue weighted by atomic mass is 35.5. The van der Waals surface area contributed by atoms with Gasteiger partial charge in [0.15, 0.2) is 0 Å². The van der Waals surface area contributed by atoms with Gasteiger partial charge >= 0.3 is 0 Å². The zero-order chi connectivity index (χ0) is 12.5. The molecular weight excluding hydrogens is 260 g/mol. The highest BCUT2D eigenvalue weighted by molar-refractivity contribution is 5.94. The summed E-state index contributed by atoms with van der Waals surface area (Å²) in [5.74, 6) is 0.820. The Morgan fingerprint density at radius 3 is 2.26 bits per heavy atom. The van der Waals surface area contributed by atoms with Crippen LogP contribution in [0.2, 0.25) is 0 Å². The molecule has 2 atom stereocenters. The van der Waals surface area contributed by atoms with Gasteiger partial charge in [-0.15, -0.1) is 12.4 Å². The number of hydrogen-bond acceptors (Lipinski definition) is 2. The number of carbonyl (C=O) groups is 1. The quantitative estimate of drug-likeness (QED) is 0.904. The van der Waals surface area contributed by atoms with E-state index in [1.165, 1.54) is 0 Å². The molecule has 0 spiro atoms. The van der Waals surface area contributed by atoms with Gasteiger partial charge in [0, 0.05) is 17.6 Å². The number of nitrogens with two attached hydrogens (primary N) is 1. The van der Waals surface area contributed by atoms with Gasteiger partial charge in [0.1, 0.15) is 0 Å². The van der Waals surface area contributed by atoms with E-state index in [4.69, 9.17) is 5.73 Å². The summed E-state index contributed by atoms with van der Waals surface area (Å²) < 4.78 is 0. The van der Waals surface area contributed by atoms with Crippen molar-refractivity contribution >= 4 is 18.3 Å². The fourth-order valence-corrected chi connectivity index (χ4v) is 3.54. The third-order valence-electron chi connectivity index (χ3n) is 4.42. The van der Waals surface area contributed by atoms with Crippen LogP contribution in [-0.4, -0.2) is 29.4 Å². The van der Waals surface area contributed by atoms with Gasteiger partial charge < -0.3 is 10.6 Å². The lowest BCUT2D eigenvalue weighted by molar-refractivity contribution is 0.0530. The van der Waals surface area contributed by atoms with E-state index >= 15 is 0 Å². The molecule has 2 saturated heterocycles. The molecule has 0 radical (unpaired) electrons. The molecule has 2 aliphatic heterocycles. The van der Waals surface area contributed by atoms with E-state index in [9.17, 15) is 4.79 Å². The topological polar surface area (TPSA) is 46.3 Å². The SMILES string of the molecule is Cl.NCC1CC2CCC(C1)N2C(=O)c1ccccc1. The average Bonchev–Trinajstić information content (AvgIpc) is 2.69. The first-order valence-corrected chi connectivity index (χ1v) is 6.87. The van der Waals surface area contributed by atoms with E-state index in [-0.39, 0.29) is 18.3 Å². The Balaban J connectivity index is 0.00000133. The van der Waals surface area contributed by atoms with Gasteiger partial charge in [0.05, 0.1) is 0 Å². The van der Waals surface area contributed by atoms with Crippen LogP contribution >= 0.6 is 12.4 Å². The lowest BCUT2D eigenvalue weighted by Gasteiger charge is -2.38. The second kappa shape index (κ2) is 5.93. The fraction of sp³-hybridized carbons (Fsp3) is 0.533. The molecule has 0 aromatic heterocycles. The molecule has 104 valence electrons. The molecule has 0 saturated carbocycles. The van der Waals surface area contributed by atoms with Crippen molar-refractivity contribution < 1.29 is 4.79 Å². The van der Waals surface area contributed by atoms with Crippen molar-refractivity contribution in [2.24, 2.45) is 11.7 Å². The first-order chi connectivity index (χ1) is 8.79. The summed E-state index contributed by atoms with van der Waals surface area (Å²) in [5, 5.41) is 0. The summed E-state index contributed by atoms with van der Waals surface area (Å²) in [6.45, 7) is 0.764. The molecule has 4 heteroatoms. The number of piperidine rings is 1. The van der Waals surface area contributed by atoms with E-state index in [0.29, 0.717) is 18.0 Å². The minimum atomic E-state index is 0. The lowest BCUT2D eigenvalue weighted by atomic mass is 9.90. The van der Waals surface area contributed by atoms with E-state index in [1.807, 2.05) is 30.3 Å². The van der Waals surface area contributed by atoms with Crippen molar-refractivity contribution in [3.8, 4) is 0 Å². The van der Waals surface area contributed by atoms with Gasteiger partial charge in [-0.25, -0.2) is 0 Å². The van der Waals surface area contributed by atoms with Crippen molar-refractivity contribution in [3.63, 3.8) is 0 Å². The summed E-state index contributed by atoms with van der Waals surface area (Å²) in [6.07, 6.45) is 4.48. The Bertz CT molecular complexity index is 423. The third kappa shape index (κ3) is 2.63. The lowest BCUT2D eigenvalue weighted by Crippen LogP contribution is -2.47. The smallest absolute Gasteiger partial charge is 0.254 e. The molecule has 2 aliphatic rings. The van der Waals surface area contributed by atoms with E-state index in [2.05, 4.69) is 4.90 Å². The molecule has 2 fully saturated rings. The number of carbonyl (C=O) groups excluding carboxylic acids is 1. The van der Waals surface area contributed by atoms with Crippen molar-refractivity contribution in [2.75, 3.05) is 6.54 Å². The van der Waals surface area contributed by atoms with Gasteiger partial charge in [-0.05, 0) is 50.3 Å². The first-order valence-electron chi connectivity index (χ1n) is 6.87. The van der Waals surface area contributed by atoms with Crippen LogP contribution in [0.4, 0.5) is 0 Å². The molecule has 1 aromatic rings. The molecule has 3 rings (SSSR count). The van der Waals surface area contributed by atoms with Gasteiger partial charge in [0.25, 0.3) is 5.91 Å². The highest BCUT2D eigenvalue weighted by Gasteiger charge is 2.42. The van der Waals surface area contributed by atoms with Crippen LogP contribution < -0.4 is 5.73 Å². The van der Waals surface area contributed by atoms with Crippen LogP contribution in [0, 0.1) is 5.92 Å². The molecule has 2 N–H and O–H groups in total. The summed E-state index contributed by atoms with van der Waals surface area (Å²) in [6, 6.07) is 10.5. The first kappa shape index (κ1) is 14.4. The number of fused-ring (bicyclic) bond motifs is 2. The molecular formula is C15H21ClN2O. The van der Waals surface area contributed by atoms with Crippen LogP contribution in [0.5, 0.6) is 0 Å². The van der Waals surface area contributed by atoms with Crippen molar-refractivity contribution in [2.45, 2.75) is 37.8 Å². The molecule has 19 heavy (non-hydrogen) atoms. The van der Waals surface area contributed by atoms with Crippen molar-refractivity contribution in [1.29, 1.82) is 0 Å². The number of amides is 1. The third-order valence-corrected chi connectivity index (χ3v) is 4.42. The Hall–Kier alpha value is -1.06. The fourth-order valence-electron chi connectivity index (χ4n) is 3.54. The maximum Gasteiger partial charge on any atom is 0.254 e. The maximum atomic E-state index is 12.6. The molecule has 1 amide bonds. The number of nitrogens with zero attached hydrogens (tertiary/aromatic N) is 1. The summed E-state index contributed by atoms with van der Waals surface area (Å²) >= 11 is 0. The molecule has 0 aliphatic carbocycles. The molecule has 3 nitrogen and oxygen atoms in total. The minimum absolute atomic E-state index is 0. The number of halogens is 1. The summed E-state index contributed by atoms with van der Waals surface area (Å²) in [7, 11) is 0. The molecule has 1 aromatic carbocycles. The van der Waals surface area contributed by atoms with Gasteiger partial charge in [-0.2, -0.15) is 0 Å². The monoisotopic (exact) mass is 280 g/mol. The zero-order valence-electron chi connectivity index (χ0n) is 11.0. The Morgan fingerprint density at radius 2 is 1.74 bits per heavy atom. The van der Waals surface area contributed by atoms with Crippen molar-refractivity contribution in [1.82, 2.24) is 4.90 Å². The Labute approximate surface area is 120 Å². The normalized spacial score (nSPS) is 28.9. The molecule has 2 bridgehead atoms. The Morgan fingerprint density at radius 1 is 1.16 bits per heavy atom. The zero-order valence-corrected chi connectivity index (χ0v) is 11.8. The standard InChI is InChI=1S/C15H20N2O.ClH/c16-10-11-8-13-6-7-14(9-11)17(13)15(18)12-4-2-1-3-5-12;/h1-5,11,13-14H,6-10,16H2;1H. The number of rotatable bonds is 2. The Kier molecular flexibility index (Phi) is 4.48. The number of benzene rings is 1. The minimum Gasteiger partial charge on any atom is -0.333 e. The van der Waals surface area contributed by atoms with Gasteiger partial charge in [0.2, 0.25) is 0 Å². The second-order valence-corrected chi connectivity index (χ2v) is 5.54. The second-order valence-electron chi connectivity index (χ2n) is 5.54. The van der Waals surface area contributed by atoms with Crippen LogP contribution in [0.25, 0.3) is 0 Å².